The average Bonchev–Trinajstić information content (AvgIpc) is 2.51. The van der Waals surface area contributed by atoms with Gasteiger partial charge in [-0.1, -0.05) is 0 Å². The number of hydrogen-bond acceptors (Lipinski definition) is 7. The zero-order chi connectivity index (χ0) is 14.9. The quantitative estimate of drug-likeness (QED) is 0.618. The Balaban J connectivity index is 1.51. The number of rotatable bonds is 8. The second-order valence-corrected chi connectivity index (χ2v) is 5.27. The van der Waals surface area contributed by atoms with E-state index in [0.29, 0.717) is 52.9 Å². The highest BCUT2D eigenvalue weighted by Crippen LogP contribution is 2.11. The molecule has 0 aromatic rings. The van der Waals surface area contributed by atoms with E-state index in [1.807, 2.05) is 0 Å². The van der Waals surface area contributed by atoms with Gasteiger partial charge in [-0.2, -0.15) is 0 Å². The number of methoxy groups -OCH3 is 2. The summed E-state index contributed by atoms with van der Waals surface area (Å²) < 4.78 is 38.2. The SMILES string of the molecule is COCC1COC(COCC2COC(COC)CO2)CO1. The lowest BCUT2D eigenvalue weighted by Crippen LogP contribution is -2.42. The van der Waals surface area contributed by atoms with Crippen molar-refractivity contribution in [3.63, 3.8) is 0 Å². The third-order valence-corrected chi connectivity index (χ3v) is 3.38. The van der Waals surface area contributed by atoms with E-state index >= 15 is 0 Å². The van der Waals surface area contributed by atoms with Crippen LogP contribution in [0.15, 0.2) is 0 Å². The molecule has 4 atom stereocenters. The van der Waals surface area contributed by atoms with E-state index in [4.69, 9.17) is 33.2 Å². The van der Waals surface area contributed by atoms with Crippen molar-refractivity contribution in [2.45, 2.75) is 24.4 Å². The molecular weight excluding hydrogens is 280 g/mol. The molecule has 2 fully saturated rings. The zero-order valence-corrected chi connectivity index (χ0v) is 12.8. The first-order valence-corrected chi connectivity index (χ1v) is 7.33. The molecule has 7 heteroatoms. The summed E-state index contributed by atoms with van der Waals surface area (Å²) in [4.78, 5) is 0. The van der Waals surface area contributed by atoms with Gasteiger partial charge in [0.2, 0.25) is 0 Å². The smallest absolute Gasteiger partial charge is 0.104 e. The Hall–Kier alpha value is -0.280. The third-order valence-electron chi connectivity index (χ3n) is 3.38. The van der Waals surface area contributed by atoms with Gasteiger partial charge in [-0.25, -0.2) is 0 Å². The van der Waals surface area contributed by atoms with Crippen LogP contribution >= 0.6 is 0 Å². The Morgan fingerprint density at radius 2 is 0.952 bits per heavy atom. The lowest BCUT2D eigenvalue weighted by atomic mass is 10.3. The highest BCUT2D eigenvalue weighted by Gasteiger charge is 2.25. The molecule has 0 spiro atoms. The van der Waals surface area contributed by atoms with Crippen LogP contribution in [0.3, 0.4) is 0 Å². The molecule has 2 aliphatic heterocycles. The van der Waals surface area contributed by atoms with Gasteiger partial charge < -0.3 is 33.2 Å². The lowest BCUT2D eigenvalue weighted by molar-refractivity contribution is -0.184. The molecular formula is C14H26O7. The predicted octanol–water partition coefficient (Wildman–Crippen LogP) is -0.136. The summed E-state index contributed by atoms with van der Waals surface area (Å²) in [5.41, 5.74) is 0. The fourth-order valence-electron chi connectivity index (χ4n) is 2.25. The molecule has 0 N–H and O–H groups in total. The minimum atomic E-state index is -0.0242. The molecule has 2 rings (SSSR count). The molecule has 2 heterocycles. The normalized spacial score (nSPS) is 34.0. The van der Waals surface area contributed by atoms with E-state index in [0.717, 1.165) is 0 Å². The van der Waals surface area contributed by atoms with E-state index in [9.17, 15) is 0 Å². The van der Waals surface area contributed by atoms with Gasteiger partial charge >= 0.3 is 0 Å². The van der Waals surface area contributed by atoms with E-state index in [1.165, 1.54) is 0 Å². The summed E-state index contributed by atoms with van der Waals surface area (Å²) in [5, 5.41) is 0. The molecule has 2 saturated heterocycles. The molecule has 0 amide bonds. The van der Waals surface area contributed by atoms with Crippen LogP contribution in [0.1, 0.15) is 0 Å². The van der Waals surface area contributed by atoms with Gasteiger partial charge in [0.1, 0.15) is 24.4 Å². The summed E-state index contributed by atoms with van der Waals surface area (Å²) >= 11 is 0. The van der Waals surface area contributed by atoms with Crippen LogP contribution in [-0.4, -0.2) is 91.5 Å². The Morgan fingerprint density at radius 3 is 1.24 bits per heavy atom. The second kappa shape index (κ2) is 9.68. The molecule has 0 radical (unpaired) electrons. The van der Waals surface area contributed by atoms with Gasteiger partial charge in [-0.3, -0.25) is 0 Å². The lowest BCUT2D eigenvalue weighted by Gasteiger charge is -2.31. The van der Waals surface area contributed by atoms with E-state index in [1.54, 1.807) is 14.2 Å². The molecule has 124 valence electrons. The molecule has 0 saturated carbocycles. The predicted molar refractivity (Wildman–Crippen MR) is 73.5 cm³/mol. The van der Waals surface area contributed by atoms with Crippen molar-refractivity contribution in [2.75, 3.05) is 67.1 Å². The molecule has 0 bridgehead atoms. The van der Waals surface area contributed by atoms with Crippen molar-refractivity contribution in [1.29, 1.82) is 0 Å². The van der Waals surface area contributed by atoms with Gasteiger partial charge in [0.15, 0.2) is 0 Å². The zero-order valence-electron chi connectivity index (χ0n) is 12.8. The van der Waals surface area contributed by atoms with Gasteiger partial charge in [0.05, 0.1) is 52.9 Å². The molecule has 4 unspecified atom stereocenters. The highest BCUT2D eigenvalue weighted by atomic mass is 16.6. The second-order valence-electron chi connectivity index (χ2n) is 5.27. The maximum atomic E-state index is 5.66. The van der Waals surface area contributed by atoms with Gasteiger partial charge in [-0.05, 0) is 0 Å². The van der Waals surface area contributed by atoms with Crippen molar-refractivity contribution < 1.29 is 33.2 Å². The van der Waals surface area contributed by atoms with E-state index < -0.39 is 0 Å². The van der Waals surface area contributed by atoms with Crippen LogP contribution in [0, 0.1) is 0 Å². The van der Waals surface area contributed by atoms with Crippen LogP contribution in [0.5, 0.6) is 0 Å². The molecule has 2 aliphatic rings. The van der Waals surface area contributed by atoms with Crippen molar-refractivity contribution >= 4 is 0 Å². The summed E-state index contributed by atoms with van der Waals surface area (Å²) in [6, 6.07) is 0. The molecule has 0 aromatic carbocycles. The highest BCUT2D eigenvalue weighted by molar-refractivity contribution is 4.69. The minimum Gasteiger partial charge on any atom is -0.382 e. The van der Waals surface area contributed by atoms with Crippen LogP contribution < -0.4 is 0 Å². The Kier molecular flexibility index (Phi) is 7.87. The fourth-order valence-corrected chi connectivity index (χ4v) is 2.25. The number of hydrogen-bond donors (Lipinski definition) is 0. The molecule has 7 nitrogen and oxygen atoms in total. The standard InChI is InChI=1S/C14H26O7/c1-15-3-11-7-20-13(9-18-11)5-17-6-14-10-19-12(4-16-2)8-21-14/h11-14H,3-10H2,1-2H3. The third kappa shape index (κ3) is 6.15. The first kappa shape index (κ1) is 17.1. The van der Waals surface area contributed by atoms with Crippen molar-refractivity contribution in [1.82, 2.24) is 0 Å². The van der Waals surface area contributed by atoms with Crippen LogP contribution in [-0.2, 0) is 33.2 Å². The fraction of sp³-hybridized carbons (Fsp3) is 1.00. The van der Waals surface area contributed by atoms with Crippen LogP contribution in [0.4, 0.5) is 0 Å². The van der Waals surface area contributed by atoms with Crippen molar-refractivity contribution in [3.8, 4) is 0 Å². The molecule has 21 heavy (non-hydrogen) atoms. The summed E-state index contributed by atoms with van der Waals surface area (Å²) in [6.07, 6.45) is 0.00537. The summed E-state index contributed by atoms with van der Waals surface area (Å²) in [5.74, 6) is 0. The van der Waals surface area contributed by atoms with Gasteiger partial charge in [-0.15, -0.1) is 0 Å². The van der Waals surface area contributed by atoms with Crippen molar-refractivity contribution in [3.05, 3.63) is 0 Å². The average molecular weight is 306 g/mol. The van der Waals surface area contributed by atoms with E-state index in [-0.39, 0.29) is 24.4 Å². The Morgan fingerprint density at radius 1 is 0.619 bits per heavy atom. The largest absolute Gasteiger partial charge is 0.382 e. The maximum absolute atomic E-state index is 5.66. The minimum absolute atomic E-state index is 0.0242. The Labute approximate surface area is 125 Å². The summed E-state index contributed by atoms with van der Waals surface area (Å²) in [6.45, 7) is 4.28. The van der Waals surface area contributed by atoms with E-state index in [2.05, 4.69) is 0 Å². The first-order chi connectivity index (χ1) is 10.3. The molecule has 0 aromatic heterocycles. The number of ether oxygens (including phenoxy) is 7. The van der Waals surface area contributed by atoms with Crippen LogP contribution in [0.25, 0.3) is 0 Å². The van der Waals surface area contributed by atoms with Crippen molar-refractivity contribution in [2.24, 2.45) is 0 Å². The first-order valence-electron chi connectivity index (χ1n) is 7.33. The van der Waals surface area contributed by atoms with Gasteiger partial charge in [0, 0.05) is 14.2 Å². The molecule has 0 aliphatic carbocycles. The topological polar surface area (TPSA) is 64.6 Å². The monoisotopic (exact) mass is 306 g/mol. The van der Waals surface area contributed by atoms with Gasteiger partial charge in [0.25, 0.3) is 0 Å². The van der Waals surface area contributed by atoms with Crippen LogP contribution in [0.2, 0.25) is 0 Å². The maximum Gasteiger partial charge on any atom is 0.104 e. The Bertz CT molecular complexity index is 234. The summed E-state index contributed by atoms with van der Waals surface area (Å²) in [7, 11) is 3.31.